The quantitative estimate of drug-likeness (QED) is 0.508. The lowest BCUT2D eigenvalue weighted by molar-refractivity contribution is 0.148. The third-order valence-corrected chi connectivity index (χ3v) is 1.73. The Morgan fingerprint density at radius 3 is 2.71 bits per heavy atom. The zero-order chi connectivity index (χ0) is 10.2. The van der Waals surface area contributed by atoms with E-state index in [1.54, 1.807) is 0 Å². The van der Waals surface area contributed by atoms with Gasteiger partial charge in [-0.3, -0.25) is 0 Å². The Labute approximate surface area is 85.7 Å². The minimum absolute atomic E-state index is 0.641. The fourth-order valence-corrected chi connectivity index (χ4v) is 1.07. The summed E-state index contributed by atoms with van der Waals surface area (Å²) in [4.78, 5) is 0. The van der Waals surface area contributed by atoms with Gasteiger partial charge in [0.05, 0.1) is 13.2 Å². The molecule has 0 spiro atoms. The molecular formula is C13H16O. The summed E-state index contributed by atoms with van der Waals surface area (Å²) in [6.45, 7) is 7.04. The van der Waals surface area contributed by atoms with Crippen molar-refractivity contribution in [2.75, 3.05) is 6.61 Å². The van der Waals surface area contributed by atoms with Gasteiger partial charge in [-0.05, 0) is 12.5 Å². The second-order valence-corrected chi connectivity index (χ2v) is 3.25. The van der Waals surface area contributed by atoms with E-state index in [9.17, 15) is 0 Å². The van der Waals surface area contributed by atoms with Gasteiger partial charge in [-0.1, -0.05) is 54.6 Å². The lowest BCUT2D eigenvalue weighted by Gasteiger charge is -2.00. The Bertz CT molecular complexity index is 298. The average molecular weight is 188 g/mol. The zero-order valence-electron chi connectivity index (χ0n) is 8.57. The lowest BCUT2D eigenvalue weighted by atomic mass is 10.2. The number of rotatable bonds is 5. The van der Waals surface area contributed by atoms with Crippen molar-refractivity contribution >= 4 is 0 Å². The molecule has 0 saturated carbocycles. The summed E-state index contributed by atoms with van der Waals surface area (Å²) in [5.41, 5.74) is 2.25. The van der Waals surface area contributed by atoms with Crippen LogP contribution in [0.3, 0.4) is 0 Å². The van der Waals surface area contributed by atoms with Crippen LogP contribution in [0.1, 0.15) is 12.5 Å². The van der Waals surface area contributed by atoms with Gasteiger partial charge < -0.3 is 4.74 Å². The molecule has 0 fully saturated rings. The van der Waals surface area contributed by atoms with Crippen molar-refractivity contribution in [1.29, 1.82) is 0 Å². The normalized spacial score (nSPS) is 10.6. The van der Waals surface area contributed by atoms with E-state index in [4.69, 9.17) is 4.74 Å². The fraction of sp³-hybridized carbons (Fsp3) is 0.231. The number of benzene rings is 1. The Balaban J connectivity index is 2.19. The van der Waals surface area contributed by atoms with Crippen LogP contribution in [-0.2, 0) is 11.3 Å². The van der Waals surface area contributed by atoms with Crippen LogP contribution in [0.2, 0.25) is 0 Å². The summed E-state index contributed by atoms with van der Waals surface area (Å²) in [7, 11) is 0. The predicted molar refractivity (Wildman–Crippen MR) is 60.1 cm³/mol. The third-order valence-electron chi connectivity index (χ3n) is 1.73. The molecule has 1 nitrogen and oxygen atoms in total. The second kappa shape index (κ2) is 6.17. The van der Waals surface area contributed by atoms with Gasteiger partial charge in [0.15, 0.2) is 0 Å². The van der Waals surface area contributed by atoms with E-state index >= 15 is 0 Å². The number of hydrogen-bond donors (Lipinski definition) is 0. The van der Waals surface area contributed by atoms with E-state index in [0.29, 0.717) is 13.2 Å². The number of allylic oxidation sites excluding steroid dienone is 2. The van der Waals surface area contributed by atoms with Crippen LogP contribution in [0.25, 0.3) is 0 Å². The maximum absolute atomic E-state index is 5.44. The molecular weight excluding hydrogens is 172 g/mol. The summed E-state index contributed by atoms with van der Waals surface area (Å²) in [6.07, 6.45) is 3.94. The first-order valence-electron chi connectivity index (χ1n) is 4.73. The van der Waals surface area contributed by atoms with Gasteiger partial charge in [0.2, 0.25) is 0 Å². The molecule has 1 heteroatoms. The summed E-state index contributed by atoms with van der Waals surface area (Å²) < 4.78 is 5.44. The highest BCUT2D eigenvalue weighted by atomic mass is 16.5. The highest BCUT2D eigenvalue weighted by molar-refractivity contribution is 5.13. The fourth-order valence-electron chi connectivity index (χ4n) is 1.07. The number of hydrogen-bond acceptors (Lipinski definition) is 1. The van der Waals surface area contributed by atoms with Crippen molar-refractivity contribution in [2.45, 2.75) is 13.5 Å². The van der Waals surface area contributed by atoms with E-state index in [0.717, 1.165) is 5.57 Å². The summed E-state index contributed by atoms with van der Waals surface area (Å²) >= 11 is 0. The van der Waals surface area contributed by atoms with Crippen LogP contribution in [0, 0.1) is 0 Å². The molecule has 74 valence electrons. The van der Waals surface area contributed by atoms with Gasteiger partial charge >= 0.3 is 0 Å². The van der Waals surface area contributed by atoms with Crippen LogP contribution in [-0.4, -0.2) is 6.61 Å². The van der Waals surface area contributed by atoms with Crippen molar-refractivity contribution < 1.29 is 4.74 Å². The highest BCUT2D eigenvalue weighted by Crippen LogP contribution is 2.00. The van der Waals surface area contributed by atoms with Crippen LogP contribution in [0.4, 0.5) is 0 Å². The minimum atomic E-state index is 0.641. The molecule has 0 unspecified atom stereocenters. The molecule has 1 aromatic carbocycles. The molecule has 0 aliphatic heterocycles. The molecule has 0 aliphatic rings. The molecule has 0 atom stereocenters. The summed E-state index contributed by atoms with van der Waals surface area (Å²) in [6, 6.07) is 10.2. The van der Waals surface area contributed by atoms with E-state index in [-0.39, 0.29) is 0 Å². The molecule has 14 heavy (non-hydrogen) atoms. The van der Waals surface area contributed by atoms with Gasteiger partial charge in [0.25, 0.3) is 0 Å². The Kier molecular flexibility index (Phi) is 4.73. The predicted octanol–water partition coefficient (Wildman–Crippen LogP) is 3.34. The maximum atomic E-state index is 5.44. The van der Waals surface area contributed by atoms with Crippen LogP contribution in [0.15, 0.2) is 54.6 Å². The first kappa shape index (κ1) is 10.7. The van der Waals surface area contributed by atoms with Crippen molar-refractivity contribution in [1.82, 2.24) is 0 Å². The third kappa shape index (κ3) is 4.63. The highest BCUT2D eigenvalue weighted by Gasteiger charge is 1.88. The monoisotopic (exact) mass is 188 g/mol. The van der Waals surface area contributed by atoms with Crippen LogP contribution >= 0.6 is 0 Å². The topological polar surface area (TPSA) is 9.23 Å². The molecule has 0 aromatic heterocycles. The largest absolute Gasteiger partial charge is 0.373 e. The van der Waals surface area contributed by atoms with E-state index in [1.165, 1.54) is 5.56 Å². The lowest BCUT2D eigenvalue weighted by Crippen LogP contribution is -1.91. The van der Waals surface area contributed by atoms with Crippen molar-refractivity contribution in [3.63, 3.8) is 0 Å². The second-order valence-electron chi connectivity index (χ2n) is 3.25. The van der Waals surface area contributed by atoms with Crippen molar-refractivity contribution in [3.8, 4) is 0 Å². The molecule has 0 heterocycles. The molecule has 0 N–H and O–H groups in total. The molecule has 1 aromatic rings. The standard InChI is InChI=1S/C13H16O/c1-12(2)7-6-10-14-11-13-8-4-3-5-9-13/h3-9H,1,10-11H2,2H3/b7-6+. The van der Waals surface area contributed by atoms with Gasteiger partial charge in [-0.15, -0.1) is 0 Å². The zero-order valence-corrected chi connectivity index (χ0v) is 8.57. The Hall–Kier alpha value is -1.34. The van der Waals surface area contributed by atoms with E-state index in [2.05, 4.69) is 18.7 Å². The van der Waals surface area contributed by atoms with Gasteiger partial charge in [0, 0.05) is 0 Å². The molecule has 0 bridgehead atoms. The van der Waals surface area contributed by atoms with Crippen molar-refractivity contribution in [3.05, 3.63) is 60.2 Å². The molecule has 1 rings (SSSR count). The summed E-state index contributed by atoms with van der Waals surface area (Å²) in [5, 5.41) is 0. The van der Waals surface area contributed by atoms with Crippen LogP contribution < -0.4 is 0 Å². The van der Waals surface area contributed by atoms with Gasteiger partial charge in [-0.2, -0.15) is 0 Å². The smallest absolute Gasteiger partial charge is 0.0721 e. The maximum Gasteiger partial charge on any atom is 0.0721 e. The molecule has 0 saturated heterocycles. The minimum Gasteiger partial charge on any atom is -0.373 e. The Morgan fingerprint density at radius 1 is 1.36 bits per heavy atom. The SMILES string of the molecule is C=C(C)/C=C/COCc1ccccc1. The molecule has 0 aliphatic carbocycles. The molecule has 0 amide bonds. The van der Waals surface area contributed by atoms with Crippen LogP contribution in [0.5, 0.6) is 0 Å². The van der Waals surface area contributed by atoms with E-state index in [1.807, 2.05) is 37.3 Å². The number of ether oxygens (including phenoxy) is 1. The first-order chi connectivity index (χ1) is 6.79. The Morgan fingerprint density at radius 2 is 2.07 bits per heavy atom. The van der Waals surface area contributed by atoms with Crippen molar-refractivity contribution in [2.24, 2.45) is 0 Å². The van der Waals surface area contributed by atoms with E-state index < -0.39 is 0 Å². The summed E-state index contributed by atoms with van der Waals surface area (Å²) in [5.74, 6) is 0. The average Bonchev–Trinajstić information content (AvgIpc) is 2.18. The van der Waals surface area contributed by atoms with Gasteiger partial charge in [-0.25, -0.2) is 0 Å². The van der Waals surface area contributed by atoms with Gasteiger partial charge in [0.1, 0.15) is 0 Å². The first-order valence-corrected chi connectivity index (χ1v) is 4.73. The molecule has 0 radical (unpaired) electrons.